The maximum atomic E-state index is 11.9. The zero-order chi connectivity index (χ0) is 11.3. The summed E-state index contributed by atoms with van der Waals surface area (Å²) in [6, 6.07) is 0. The van der Waals surface area contributed by atoms with E-state index in [9.17, 15) is 13.2 Å². The van der Waals surface area contributed by atoms with Crippen molar-refractivity contribution < 1.29 is 18.3 Å². The van der Waals surface area contributed by atoms with Gasteiger partial charge in [0.25, 0.3) is 0 Å². The smallest absolute Gasteiger partial charge is 0.390 e. The second kappa shape index (κ2) is 5.67. The first-order chi connectivity index (χ1) is 7.01. The van der Waals surface area contributed by atoms with Gasteiger partial charge in [0.05, 0.1) is 13.0 Å². The van der Waals surface area contributed by atoms with Gasteiger partial charge in [-0.15, -0.1) is 0 Å². The first kappa shape index (κ1) is 12.7. The van der Waals surface area contributed by atoms with Gasteiger partial charge in [0.1, 0.15) is 0 Å². The first-order valence-electron chi connectivity index (χ1n) is 5.13. The van der Waals surface area contributed by atoms with Crippen LogP contribution in [0.25, 0.3) is 0 Å². The normalized spacial score (nSPS) is 20.8. The quantitative estimate of drug-likeness (QED) is 0.758. The Hall–Kier alpha value is -0.330. The van der Waals surface area contributed by atoms with Crippen LogP contribution in [-0.4, -0.2) is 67.0 Å². The molecule has 1 rings (SSSR count). The number of nitrogens with zero attached hydrogens (tertiary/aromatic N) is 2. The van der Waals surface area contributed by atoms with E-state index in [0.29, 0.717) is 19.6 Å². The van der Waals surface area contributed by atoms with Gasteiger partial charge in [0.2, 0.25) is 0 Å². The molecule has 0 saturated carbocycles. The van der Waals surface area contributed by atoms with Crippen LogP contribution in [0.4, 0.5) is 13.2 Å². The highest BCUT2D eigenvalue weighted by atomic mass is 19.4. The second-order valence-corrected chi connectivity index (χ2v) is 3.77. The molecule has 0 aromatic rings. The molecule has 15 heavy (non-hydrogen) atoms. The van der Waals surface area contributed by atoms with Crippen LogP contribution in [0.3, 0.4) is 0 Å². The molecule has 0 unspecified atom stereocenters. The van der Waals surface area contributed by atoms with Crippen molar-refractivity contribution in [3.05, 3.63) is 0 Å². The minimum Gasteiger partial charge on any atom is -0.395 e. The first-order valence-corrected chi connectivity index (χ1v) is 5.13. The van der Waals surface area contributed by atoms with E-state index in [4.69, 9.17) is 5.11 Å². The number of aliphatic hydroxyl groups is 1. The Labute approximate surface area is 87.5 Å². The fourth-order valence-corrected chi connectivity index (χ4v) is 1.66. The second-order valence-electron chi connectivity index (χ2n) is 3.77. The number of halogens is 3. The van der Waals surface area contributed by atoms with Crippen LogP contribution in [0.5, 0.6) is 0 Å². The third kappa shape index (κ3) is 5.34. The van der Waals surface area contributed by atoms with Crippen molar-refractivity contribution in [1.82, 2.24) is 9.80 Å². The van der Waals surface area contributed by atoms with Crippen molar-refractivity contribution in [3.63, 3.8) is 0 Å². The minimum atomic E-state index is -4.05. The van der Waals surface area contributed by atoms with Gasteiger partial charge in [0, 0.05) is 39.3 Å². The van der Waals surface area contributed by atoms with Crippen molar-refractivity contribution in [2.75, 3.05) is 45.9 Å². The van der Waals surface area contributed by atoms with Crippen molar-refractivity contribution in [1.29, 1.82) is 0 Å². The molecule has 1 heterocycles. The summed E-state index contributed by atoms with van der Waals surface area (Å²) < 4.78 is 35.8. The molecule has 3 nitrogen and oxygen atoms in total. The number of rotatable bonds is 4. The van der Waals surface area contributed by atoms with E-state index in [1.165, 1.54) is 0 Å². The summed E-state index contributed by atoms with van der Waals surface area (Å²) in [5.74, 6) is 0. The molecule has 1 N–H and O–H groups in total. The number of hydrogen-bond donors (Lipinski definition) is 1. The van der Waals surface area contributed by atoms with Gasteiger partial charge < -0.3 is 10.0 Å². The molecule has 1 saturated heterocycles. The predicted molar refractivity (Wildman–Crippen MR) is 50.6 cm³/mol. The van der Waals surface area contributed by atoms with Gasteiger partial charge in [-0.25, -0.2) is 0 Å². The van der Waals surface area contributed by atoms with Crippen molar-refractivity contribution in [2.24, 2.45) is 0 Å². The molecular weight excluding hydrogens is 209 g/mol. The average Bonchev–Trinajstić information content (AvgIpc) is 2.16. The van der Waals surface area contributed by atoms with Crippen molar-refractivity contribution in [3.8, 4) is 0 Å². The molecular formula is C9H17F3N2O. The average molecular weight is 226 g/mol. The van der Waals surface area contributed by atoms with E-state index in [0.717, 1.165) is 13.1 Å². The van der Waals surface area contributed by atoms with E-state index >= 15 is 0 Å². The molecule has 0 atom stereocenters. The Morgan fingerprint density at radius 3 is 1.80 bits per heavy atom. The van der Waals surface area contributed by atoms with Crippen LogP contribution in [0.2, 0.25) is 0 Å². The standard InChI is InChI=1S/C9H17F3N2O/c10-9(11,12)1-2-13-3-5-14(6-4-13)7-8-15/h15H,1-8H2. The summed E-state index contributed by atoms with van der Waals surface area (Å²) >= 11 is 0. The molecule has 0 bridgehead atoms. The third-order valence-electron chi connectivity index (χ3n) is 2.59. The van der Waals surface area contributed by atoms with Crippen LogP contribution < -0.4 is 0 Å². The Kier molecular flexibility index (Phi) is 4.82. The van der Waals surface area contributed by atoms with Gasteiger partial charge >= 0.3 is 6.18 Å². The fraction of sp³-hybridized carbons (Fsp3) is 1.00. The van der Waals surface area contributed by atoms with Gasteiger partial charge in [0.15, 0.2) is 0 Å². The fourth-order valence-electron chi connectivity index (χ4n) is 1.66. The molecule has 0 amide bonds. The van der Waals surface area contributed by atoms with Crippen LogP contribution in [0.15, 0.2) is 0 Å². The summed E-state index contributed by atoms with van der Waals surface area (Å²) in [5.41, 5.74) is 0. The number of piperazine rings is 1. The lowest BCUT2D eigenvalue weighted by molar-refractivity contribution is -0.138. The predicted octanol–water partition coefficient (Wildman–Crippen LogP) is 0.549. The molecule has 1 fully saturated rings. The van der Waals surface area contributed by atoms with E-state index in [-0.39, 0.29) is 13.2 Å². The SMILES string of the molecule is OCCN1CCN(CCC(F)(F)F)CC1. The third-order valence-corrected chi connectivity index (χ3v) is 2.59. The van der Waals surface area contributed by atoms with Gasteiger partial charge in [-0.3, -0.25) is 4.90 Å². The molecule has 90 valence electrons. The van der Waals surface area contributed by atoms with Gasteiger partial charge in [-0.2, -0.15) is 13.2 Å². The lowest BCUT2D eigenvalue weighted by Gasteiger charge is -2.34. The lowest BCUT2D eigenvalue weighted by Crippen LogP contribution is -2.47. The molecule has 0 aromatic carbocycles. The van der Waals surface area contributed by atoms with Crippen LogP contribution in [-0.2, 0) is 0 Å². The summed E-state index contributed by atoms with van der Waals surface area (Å²) in [4.78, 5) is 3.88. The van der Waals surface area contributed by atoms with Gasteiger partial charge in [-0.05, 0) is 0 Å². The monoisotopic (exact) mass is 226 g/mol. The Balaban J connectivity index is 2.15. The van der Waals surface area contributed by atoms with Gasteiger partial charge in [-0.1, -0.05) is 0 Å². The molecule has 1 aliphatic heterocycles. The van der Waals surface area contributed by atoms with Crippen LogP contribution in [0.1, 0.15) is 6.42 Å². The summed E-state index contributed by atoms with van der Waals surface area (Å²) in [6.45, 7) is 3.65. The van der Waals surface area contributed by atoms with Crippen molar-refractivity contribution in [2.45, 2.75) is 12.6 Å². The highest BCUT2D eigenvalue weighted by molar-refractivity contribution is 4.72. The number of hydrogen-bond acceptors (Lipinski definition) is 3. The molecule has 0 radical (unpaired) electrons. The molecule has 0 aromatic heterocycles. The summed E-state index contributed by atoms with van der Waals surface area (Å²) in [7, 11) is 0. The highest BCUT2D eigenvalue weighted by Crippen LogP contribution is 2.20. The van der Waals surface area contributed by atoms with E-state index in [1.54, 1.807) is 0 Å². The zero-order valence-electron chi connectivity index (χ0n) is 8.63. The van der Waals surface area contributed by atoms with Crippen LogP contribution in [0, 0.1) is 0 Å². The minimum absolute atomic E-state index is 0.0937. The maximum absolute atomic E-state index is 11.9. The largest absolute Gasteiger partial charge is 0.395 e. The van der Waals surface area contributed by atoms with E-state index in [2.05, 4.69) is 4.90 Å². The van der Waals surface area contributed by atoms with Crippen LogP contribution >= 0.6 is 0 Å². The number of alkyl halides is 3. The zero-order valence-corrected chi connectivity index (χ0v) is 8.63. The topological polar surface area (TPSA) is 26.7 Å². The molecule has 6 heteroatoms. The Bertz CT molecular complexity index is 179. The molecule has 0 spiro atoms. The molecule has 1 aliphatic rings. The number of aliphatic hydroxyl groups excluding tert-OH is 1. The van der Waals surface area contributed by atoms with E-state index in [1.807, 2.05) is 4.90 Å². The summed E-state index contributed by atoms with van der Waals surface area (Å²) in [5, 5.41) is 8.69. The highest BCUT2D eigenvalue weighted by Gasteiger charge is 2.28. The maximum Gasteiger partial charge on any atom is 0.390 e. The molecule has 0 aliphatic carbocycles. The van der Waals surface area contributed by atoms with E-state index < -0.39 is 12.6 Å². The van der Waals surface area contributed by atoms with Crippen molar-refractivity contribution >= 4 is 0 Å². The Morgan fingerprint density at radius 1 is 0.933 bits per heavy atom. The number of β-amino-alcohol motifs (C(OH)–C–C–N with tert-alkyl or cyclic N) is 1. The summed E-state index contributed by atoms with van der Waals surface area (Å²) in [6.07, 6.45) is -4.78. The Morgan fingerprint density at radius 2 is 1.40 bits per heavy atom. The lowest BCUT2D eigenvalue weighted by atomic mass is 10.3.